The van der Waals surface area contributed by atoms with Crippen molar-refractivity contribution in [1.82, 2.24) is 5.32 Å². The monoisotopic (exact) mass is 275 g/mol. The van der Waals surface area contributed by atoms with Gasteiger partial charge in [-0.05, 0) is 0 Å². The molecule has 0 rings (SSSR count). The van der Waals surface area contributed by atoms with Crippen molar-refractivity contribution in [2.75, 3.05) is 6.54 Å². The van der Waals surface area contributed by atoms with Crippen LogP contribution in [0, 0.1) is 0 Å². The summed E-state index contributed by atoms with van der Waals surface area (Å²) in [6, 6.07) is 0. The van der Waals surface area contributed by atoms with Crippen molar-refractivity contribution in [3.05, 3.63) is 12.7 Å². The first-order valence-electron chi connectivity index (χ1n) is 4.39. The van der Waals surface area contributed by atoms with Crippen molar-refractivity contribution in [2.24, 2.45) is 0 Å². The first kappa shape index (κ1) is 12.0. The molecule has 2 radical (unpaired) electrons. The summed E-state index contributed by atoms with van der Waals surface area (Å²) >= 11 is -0.172. The fourth-order valence-electron chi connectivity index (χ4n) is 0.781. The number of nitrogens with one attached hydrogen (secondary N) is 1. The number of rotatable bonds is 7. The van der Waals surface area contributed by atoms with E-state index < -0.39 is 0 Å². The van der Waals surface area contributed by atoms with Crippen LogP contribution in [0.3, 0.4) is 0 Å². The van der Waals surface area contributed by atoms with E-state index in [1.807, 2.05) is 6.08 Å². The van der Waals surface area contributed by atoms with E-state index in [-0.39, 0.29) is 27.0 Å². The summed E-state index contributed by atoms with van der Waals surface area (Å²) < 4.78 is 2.52. The van der Waals surface area contributed by atoms with Gasteiger partial charge in [0, 0.05) is 0 Å². The third-order valence-corrected chi connectivity index (χ3v) is 4.60. The molecule has 0 spiro atoms. The first-order chi connectivity index (χ1) is 5.81. The van der Waals surface area contributed by atoms with E-state index in [1.165, 1.54) is 8.87 Å². The fraction of sp³-hybridized carbons (Fsp3) is 0.667. The molecule has 3 heteroatoms. The third-order valence-electron chi connectivity index (χ3n) is 1.45. The van der Waals surface area contributed by atoms with E-state index in [0.717, 1.165) is 19.4 Å². The molecule has 0 aromatic rings. The van der Waals surface area contributed by atoms with Crippen LogP contribution in [0.15, 0.2) is 12.7 Å². The van der Waals surface area contributed by atoms with Gasteiger partial charge in [-0.3, -0.25) is 0 Å². The number of carbonyl (C=O) groups excluding carboxylic acids is 1. The molecule has 12 heavy (non-hydrogen) atoms. The Bertz CT molecular complexity index is 136. The molecule has 1 amide bonds. The van der Waals surface area contributed by atoms with Gasteiger partial charge in [-0.25, -0.2) is 0 Å². The van der Waals surface area contributed by atoms with Crippen LogP contribution in [-0.4, -0.2) is 33.6 Å². The van der Waals surface area contributed by atoms with Gasteiger partial charge in [-0.1, -0.05) is 0 Å². The molecule has 0 aliphatic carbocycles. The molecule has 0 bridgehead atoms. The van der Waals surface area contributed by atoms with Crippen molar-refractivity contribution in [3.63, 3.8) is 0 Å². The standard InChI is InChI=1S/C7H12NO.C2H5.Sn/c1-3-5-6-8-7(9)4-2;1-2;/h3H,1-2,4-6H2,(H,8,9);1H2,2H3;. The second kappa shape index (κ2) is 9.10. The van der Waals surface area contributed by atoms with E-state index >= 15 is 0 Å². The van der Waals surface area contributed by atoms with Gasteiger partial charge >= 0.3 is 85.0 Å². The van der Waals surface area contributed by atoms with Crippen LogP contribution in [0.5, 0.6) is 0 Å². The van der Waals surface area contributed by atoms with Crippen LogP contribution in [0.25, 0.3) is 0 Å². The van der Waals surface area contributed by atoms with Crippen LogP contribution in [0.1, 0.15) is 19.8 Å². The summed E-state index contributed by atoms with van der Waals surface area (Å²) in [5, 5.41) is 2.86. The normalized spacial score (nSPS) is 9.42. The summed E-state index contributed by atoms with van der Waals surface area (Å²) in [6.45, 7) is 6.55. The predicted octanol–water partition coefficient (Wildman–Crippen LogP) is 1.63. The van der Waals surface area contributed by atoms with Gasteiger partial charge in [-0.2, -0.15) is 0 Å². The SMILES string of the molecule is C=CCCNC(=O)C[CH2][Sn][CH2]C. The van der Waals surface area contributed by atoms with Crippen molar-refractivity contribution < 1.29 is 4.79 Å². The van der Waals surface area contributed by atoms with Gasteiger partial charge in [0.2, 0.25) is 0 Å². The fourth-order valence-corrected chi connectivity index (χ4v) is 2.94. The van der Waals surface area contributed by atoms with E-state index in [2.05, 4.69) is 18.8 Å². The molecule has 0 aliphatic rings. The van der Waals surface area contributed by atoms with Crippen LogP contribution in [0.4, 0.5) is 0 Å². The quantitative estimate of drug-likeness (QED) is 0.426. The number of amides is 1. The van der Waals surface area contributed by atoms with Crippen LogP contribution in [-0.2, 0) is 4.79 Å². The summed E-state index contributed by atoms with van der Waals surface area (Å²) in [4.78, 5) is 11.1. The van der Waals surface area contributed by atoms with Gasteiger partial charge < -0.3 is 0 Å². The Morgan fingerprint density at radius 2 is 2.42 bits per heavy atom. The molecule has 0 saturated heterocycles. The maximum atomic E-state index is 11.1. The first-order valence-corrected chi connectivity index (χ1v) is 8.43. The minimum atomic E-state index is -0.172. The Hall–Kier alpha value is 0.00870. The van der Waals surface area contributed by atoms with Crippen LogP contribution in [0.2, 0.25) is 8.87 Å². The Morgan fingerprint density at radius 3 is 3.00 bits per heavy atom. The minimum absolute atomic E-state index is 0.172. The van der Waals surface area contributed by atoms with E-state index in [0.29, 0.717) is 0 Å². The van der Waals surface area contributed by atoms with Gasteiger partial charge in [0.05, 0.1) is 0 Å². The summed E-state index contributed by atoms with van der Waals surface area (Å²) in [7, 11) is 0. The number of hydrogen-bond acceptors (Lipinski definition) is 1. The zero-order valence-electron chi connectivity index (χ0n) is 7.73. The predicted molar refractivity (Wildman–Crippen MR) is 53.5 cm³/mol. The molecular weight excluding hydrogens is 257 g/mol. The molecule has 0 unspecified atom stereocenters. The third kappa shape index (κ3) is 8.11. The molecule has 1 N–H and O–H groups in total. The Kier molecular flexibility index (Phi) is 9.11. The van der Waals surface area contributed by atoms with Crippen LogP contribution >= 0.6 is 0 Å². The molecule has 0 heterocycles. The molecule has 68 valence electrons. The second-order valence-electron chi connectivity index (χ2n) is 2.53. The second-order valence-corrected chi connectivity index (χ2v) is 7.40. The Labute approximate surface area is 85.0 Å². The summed E-state index contributed by atoms with van der Waals surface area (Å²) in [5.74, 6) is 0.214. The molecular formula is C9H17NOSn. The van der Waals surface area contributed by atoms with Gasteiger partial charge in [0.25, 0.3) is 0 Å². The molecule has 0 fully saturated rings. The Morgan fingerprint density at radius 1 is 1.67 bits per heavy atom. The maximum absolute atomic E-state index is 11.1. The van der Waals surface area contributed by atoms with Crippen molar-refractivity contribution in [3.8, 4) is 0 Å². The summed E-state index contributed by atoms with van der Waals surface area (Å²) in [6.07, 6.45) is 3.44. The molecule has 0 saturated carbocycles. The van der Waals surface area contributed by atoms with Gasteiger partial charge in [0.15, 0.2) is 0 Å². The molecule has 0 aliphatic heterocycles. The van der Waals surface area contributed by atoms with E-state index in [4.69, 9.17) is 0 Å². The molecule has 0 aromatic carbocycles. The topological polar surface area (TPSA) is 29.1 Å². The van der Waals surface area contributed by atoms with E-state index in [9.17, 15) is 4.79 Å². The average Bonchev–Trinajstić information content (AvgIpc) is 2.06. The zero-order chi connectivity index (χ0) is 9.23. The Balaban J connectivity index is 3.15. The van der Waals surface area contributed by atoms with E-state index in [1.54, 1.807) is 0 Å². The summed E-state index contributed by atoms with van der Waals surface area (Å²) in [5.41, 5.74) is 0. The van der Waals surface area contributed by atoms with Crippen molar-refractivity contribution >= 4 is 27.0 Å². The molecule has 2 nitrogen and oxygen atoms in total. The average molecular weight is 274 g/mol. The molecule has 0 atom stereocenters. The van der Waals surface area contributed by atoms with Gasteiger partial charge in [-0.15, -0.1) is 0 Å². The number of carbonyl (C=O) groups is 1. The van der Waals surface area contributed by atoms with Crippen LogP contribution < -0.4 is 5.32 Å². The molecule has 0 aromatic heterocycles. The van der Waals surface area contributed by atoms with Crippen molar-refractivity contribution in [1.29, 1.82) is 0 Å². The number of hydrogen-bond donors (Lipinski definition) is 1. The zero-order valence-corrected chi connectivity index (χ0v) is 10.6. The van der Waals surface area contributed by atoms with Crippen molar-refractivity contribution in [2.45, 2.75) is 28.6 Å². The van der Waals surface area contributed by atoms with Gasteiger partial charge in [0.1, 0.15) is 0 Å².